The monoisotopic (exact) mass is 593 g/mol. The average Bonchev–Trinajstić information content (AvgIpc) is 3.47. The number of nitrogens with zero attached hydrogens (tertiary/aromatic N) is 1. The molecule has 0 spiro atoms. The Kier molecular flexibility index (Phi) is 9.96. The molecule has 1 saturated heterocycles. The molecule has 0 radical (unpaired) electrons. The van der Waals surface area contributed by atoms with E-state index in [9.17, 15) is 28.8 Å². The molecule has 0 aromatic heterocycles. The van der Waals surface area contributed by atoms with Crippen LogP contribution in [0.5, 0.6) is 0 Å². The predicted octanol–water partition coefficient (Wildman–Crippen LogP) is 1.74. The highest BCUT2D eigenvalue weighted by Crippen LogP contribution is 2.44. The zero-order valence-corrected chi connectivity index (χ0v) is 24.0. The number of nitrogens with one attached hydrogen (secondary N) is 3. The molecule has 2 aromatic rings. The second kappa shape index (κ2) is 13.8. The molecule has 2 aliphatic rings. The number of rotatable bonds is 12. The van der Waals surface area contributed by atoms with E-state index in [1.807, 2.05) is 48.5 Å². The van der Waals surface area contributed by atoms with Gasteiger partial charge in [0.25, 0.3) is 0 Å². The van der Waals surface area contributed by atoms with Crippen LogP contribution in [-0.2, 0) is 28.8 Å². The number of carbonyl (C=O) groups excluding carboxylic acids is 6. The Morgan fingerprint density at radius 2 is 1.60 bits per heavy atom. The van der Waals surface area contributed by atoms with Crippen molar-refractivity contribution in [3.8, 4) is 11.1 Å². The lowest BCUT2D eigenvalue weighted by Crippen LogP contribution is -2.54. The fraction of sp³-hybridized carbons (Fsp3) is 0.400. The smallest absolute Gasteiger partial charge is 0.407 e. The summed E-state index contributed by atoms with van der Waals surface area (Å²) in [6.45, 7) is 3.50. The molecule has 43 heavy (non-hydrogen) atoms. The van der Waals surface area contributed by atoms with Gasteiger partial charge in [0.15, 0.2) is 0 Å². The molecular weight excluding hydrogens is 558 g/mol. The molecule has 1 aliphatic carbocycles. The Morgan fingerprint density at radius 1 is 0.977 bits per heavy atom. The number of benzene rings is 2. The molecule has 0 saturated carbocycles. The number of hydrogen-bond donors (Lipinski definition) is 4. The molecule has 0 unspecified atom stereocenters. The van der Waals surface area contributed by atoms with Gasteiger partial charge in [0.1, 0.15) is 18.7 Å². The molecule has 2 aromatic carbocycles. The number of nitrogens with two attached hydrogens (primary N) is 1. The predicted molar refractivity (Wildman–Crippen MR) is 153 cm³/mol. The number of amides is 5. The first-order valence-corrected chi connectivity index (χ1v) is 14.1. The number of alkyl carbamates (subject to hydrolysis) is 1. The Bertz CT molecular complexity index is 1360. The van der Waals surface area contributed by atoms with E-state index in [-0.39, 0.29) is 44.9 Å². The summed E-state index contributed by atoms with van der Waals surface area (Å²) < 4.78 is 5.59. The fourth-order valence-electron chi connectivity index (χ4n) is 5.14. The van der Waals surface area contributed by atoms with E-state index in [1.54, 1.807) is 13.8 Å². The van der Waals surface area contributed by atoms with Crippen LogP contribution in [0.15, 0.2) is 48.5 Å². The van der Waals surface area contributed by atoms with Gasteiger partial charge in [-0.2, -0.15) is 5.06 Å². The minimum absolute atomic E-state index is 0.0105. The lowest BCUT2D eigenvalue weighted by Gasteiger charge is -2.26. The Balaban J connectivity index is 1.39. The van der Waals surface area contributed by atoms with Crippen LogP contribution in [0, 0.1) is 5.92 Å². The first-order chi connectivity index (χ1) is 20.6. The van der Waals surface area contributed by atoms with Crippen molar-refractivity contribution in [1.82, 2.24) is 21.0 Å². The molecule has 13 heteroatoms. The van der Waals surface area contributed by atoms with Crippen LogP contribution in [0.2, 0.25) is 0 Å². The van der Waals surface area contributed by atoms with E-state index in [0.717, 1.165) is 22.3 Å². The zero-order valence-electron chi connectivity index (χ0n) is 24.0. The molecule has 13 nitrogen and oxygen atoms in total. The van der Waals surface area contributed by atoms with Gasteiger partial charge in [-0.25, -0.2) is 14.4 Å². The third-order valence-electron chi connectivity index (χ3n) is 7.34. The molecule has 5 N–H and O–H groups in total. The number of urea groups is 1. The van der Waals surface area contributed by atoms with Gasteiger partial charge in [-0.15, -0.1) is 0 Å². The summed E-state index contributed by atoms with van der Waals surface area (Å²) >= 11 is 0. The van der Waals surface area contributed by atoms with Crippen LogP contribution in [-0.4, -0.2) is 72.5 Å². The Morgan fingerprint density at radius 3 is 2.16 bits per heavy atom. The van der Waals surface area contributed by atoms with Gasteiger partial charge >= 0.3 is 24.0 Å². The van der Waals surface area contributed by atoms with Crippen LogP contribution in [0.25, 0.3) is 11.1 Å². The number of carbonyl (C=O) groups is 6. The standard InChI is InChI=1S/C30H35N5O8/c1-17(2)25(34-30(41)42-16-22-20-10-5-3-8-18(20)19-9-4-6-11-21(19)22)26(37)33-23(12-7-14-32-29(31)40)28(39)43-35-15-13-24(36)27(35)38/h3-6,8-11,17,22-23,25H,7,12-16H2,1-2H3,(H,33,37)(H,34,41)(H3,31,32,40)/t23-,25-/m0/s1. The van der Waals surface area contributed by atoms with E-state index in [0.29, 0.717) is 5.06 Å². The van der Waals surface area contributed by atoms with Crippen molar-refractivity contribution in [3.63, 3.8) is 0 Å². The number of Topliss-reactive ketones (excluding diaryl/α,β-unsaturated/α-hetero) is 1. The molecule has 228 valence electrons. The lowest BCUT2D eigenvalue weighted by atomic mass is 9.98. The summed E-state index contributed by atoms with van der Waals surface area (Å²) in [7, 11) is 0. The Hall–Kier alpha value is -4.94. The normalized spacial score (nSPS) is 15.4. The maximum Gasteiger partial charge on any atom is 0.407 e. The third-order valence-corrected chi connectivity index (χ3v) is 7.34. The highest BCUT2D eigenvalue weighted by Gasteiger charge is 2.36. The van der Waals surface area contributed by atoms with Gasteiger partial charge in [0.05, 0.1) is 6.54 Å². The Labute approximate surface area is 248 Å². The van der Waals surface area contributed by atoms with Crippen LogP contribution in [0.3, 0.4) is 0 Å². The van der Waals surface area contributed by atoms with Crippen LogP contribution < -0.4 is 21.7 Å². The van der Waals surface area contributed by atoms with Gasteiger partial charge in [0, 0.05) is 18.9 Å². The number of hydroxylamine groups is 2. The van der Waals surface area contributed by atoms with Gasteiger partial charge in [0.2, 0.25) is 11.7 Å². The molecule has 1 fully saturated rings. The van der Waals surface area contributed by atoms with Gasteiger partial charge in [-0.05, 0) is 41.0 Å². The molecular formula is C30H35N5O8. The van der Waals surface area contributed by atoms with Crippen molar-refractivity contribution < 1.29 is 38.3 Å². The molecule has 0 bridgehead atoms. The van der Waals surface area contributed by atoms with Crippen molar-refractivity contribution in [3.05, 3.63) is 59.7 Å². The maximum atomic E-state index is 13.3. The van der Waals surface area contributed by atoms with Crippen LogP contribution in [0.1, 0.15) is 50.2 Å². The van der Waals surface area contributed by atoms with E-state index in [1.165, 1.54) is 0 Å². The van der Waals surface area contributed by atoms with E-state index < -0.39 is 53.7 Å². The van der Waals surface area contributed by atoms with Crippen molar-refractivity contribution in [2.75, 3.05) is 19.7 Å². The van der Waals surface area contributed by atoms with Crippen molar-refractivity contribution in [2.45, 2.75) is 51.1 Å². The molecule has 1 heterocycles. The third kappa shape index (κ3) is 7.48. The van der Waals surface area contributed by atoms with Crippen molar-refractivity contribution in [2.24, 2.45) is 11.7 Å². The number of ether oxygens (including phenoxy) is 1. The minimum Gasteiger partial charge on any atom is -0.449 e. The van der Waals surface area contributed by atoms with Gasteiger partial charge in [-0.1, -0.05) is 62.4 Å². The molecule has 1 aliphatic heterocycles. The molecule has 5 amide bonds. The maximum absolute atomic E-state index is 13.3. The SMILES string of the molecule is CC(C)[C@H](NC(=O)OCC1c2ccccc2-c2ccccc21)C(=O)N[C@@H](CCCNC(N)=O)C(=O)ON1CCC(=O)C1=O. The highest BCUT2D eigenvalue weighted by molar-refractivity contribution is 6.37. The summed E-state index contributed by atoms with van der Waals surface area (Å²) in [4.78, 5) is 78.7. The van der Waals surface area contributed by atoms with Gasteiger partial charge in [-0.3, -0.25) is 14.4 Å². The summed E-state index contributed by atoms with van der Waals surface area (Å²) in [5.74, 6) is -3.86. The number of fused-ring (bicyclic) bond motifs is 3. The van der Waals surface area contributed by atoms with Gasteiger partial charge < -0.3 is 31.3 Å². The summed E-state index contributed by atoms with van der Waals surface area (Å²) in [6, 6.07) is 12.7. The first kappa shape index (κ1) is 31.0. The number of ketones is 1. The summed E-state index contributed by atoms with van der Waals surface area (Å²) in [5, 5.41) is 8.20. The minimum atomic E-state index is -1.25. The number of primary amides is 1. The van der Waals surface area contributed by atoms with Crippen LogP contribution >= 0.6 is 0 Å². The average molecular weight is 594 g/mol. The van der Waals surface area contributed by atoms with Crippen molar-refractivity contribution >= 4 is 35.7 Å². The second-order valence-corrected chi connectivity index (χ2v) is 10.7. The molecule has 4 rings (SSSR count). The summed E-state index contributed by atoms with van der Waals surface area (Å²) in [6.07, 6.45) is -0.661. The largest absolute Gasteiger partial charge is 0.449 e. The second-order valence-electron chi connectivity index (χ2n) is 10.7. The lowest BCUT2D eigenvalue weighted by molar-refractivity contribution is -0.195. The van der Waals surface area contributed by atoms with Crippen molar-refractivity contribution in [1.29, 1.82) is 0 Å². The van der Waals surface area contributed by atoms with E-state index >= 15 is 0 Å². The quantitative estimate of drug-likeness (QED) is 0.212. The zero-order chi connectivity index (χ0) is 31.1. The first-order valence-electron chi connectivity index (χ1n) is 14.1. The summed E-state index contributed by atoms with van der Waals surface area (Å²) in [5.41, 5.74) is 9.32. The fourth-order valence-corrected chi connectivity index (χ4v) is 5.14. The topological polar surface area (TPSA) is 186 Å². The molecule has 2 atom stereocenters. The van der Waals surface area contributed by atoms with Crippen LogP contribution in [0.4, 0.5) is 9.59 Å². The highest BCUT2D eigenvalue weighted by atomic mass is 16.7. The number of hydrogen-bond acceptors (Lipinski definition) is 8. The van der Waals surface area contributed by atoms with E-state index in [2.05, 4.69) is 16.0 Å². The van der Waals surface area contributed by atoms with E-state index in [4.69, 9.17) is 15.3 Å².